The zero-order valence-electron chi connectivity index (χ0n) is 18.9. The molecule has 0 radical (unpaired) electrons. The van der Waals surface area contributed by atoms with E-state index in [4.69, 9.17) is 9.15 Å². The standard InChI is InChI=1S/C26H22BrN3O5/c1-34-19-8-3-6-17-14-20(35-25(17)19)23(31)21-22(16-5-2-7-18(27)13-16)30(26(33)24(21)32)11-4-10-29-12-9-28-15-29/h2-3,5-9,12-15,22H,4,10-11H2,1H3,(H,31,32)/p+1. The Hall–Kier alpha value is -3.85. The lowest BCUT2D eigenvalue weighted by Gasteiger charge is -2.26. The van der Waals surface area contributed by atoms with Crippen LogP contribution in [0.4, 0.5) is 0 Å². The molecule has 2 N–H and O–H groups in total. The molecule has 1 aliphatic heterocycles. The molecule has 3 heterocycles. The predicted molar refractivity (Wildman–Crippen MR) is 131 cm³/mol. The second-order valence-electron chi connectivity index (χ2n) is 8.24. The van der Waals surface area contributed by atoms with Crippen LogP contribution in [0.3, 0.4) is 0 Å². The van der Waals surface area contributed by atoms with Crippen LogP contribution < -0.4 is 9.30 Å². The molecule has 0 spiro atoms. The van der Waals surface area contributed by atoms with Gasteiger partial charge in [-0.05, 0) is 29.8 Å². The summed E-state index contributed by atoms with van der Waals surface area (Å²) in [6.07, 6.45) is 6.18. The third-order valence-electron chi connectivity index (χ3n) is 6.08. The largest absolute Gasteiger partial charge is 0.503 e. The van der Waals surface area contributed by atoms with Gasteiger partial charge in [-0.1, -0.05) is 40.2 Å². The van der Waals surface area contributed by atoms with Crippen molar-refractivity contribution in [1.82, 2.24) is 9.88 Å². The Balaban J connectivity index is 1.52. The molecule has 0 aliphatic carbocycles. The number of rotatable bonds is 8. The Bertz CT molecular complexity index is 1440. The zero-order chi connectivity index (χ0) is 24.5. The summed E-state index contributed by atoms with van der Waals surface area (Å²) in [6, 6.07) is 13.6. The highest BCUT2D eigenvalue weighted by Crippen LogP contribution is 2.40. The Morgan fingerprint density at radius 2 is 2.09 bits per heavy atom. The fraction of sp³-hybridized carbons (Fsp3) is 0.192. The maximum atomic E-state index is 13.7. The molecule has 8 nitrogen and oxygen atoms in total. The molecular formula is C26H23BrN3O5+. The molecule has 9 heteroatoms. The van der Waals surface area contributed by atoms with Gasteiger partial charge in [-0.25, -0.2) is 4.57 Å². The van der Waals surface area contributed by atoms with Crippen LogP contribution in [0.2, 0.25) is 0 Å². The number of Topliss-reactive ketones (excluding diaryl/α,β-unsaturated/α-hetero) is 1. The molecular weight excluding hydrogens is 514 g/mol. The summed E-state index contributed by atoms with van der Waals surface area (Å²) >= 11 is 3.47. The molecule has 178 valence electrons. The highest BCUT2D eigenvalue weighted by molar-refractivity contribution is 9.10. The molecule has 0 saturated heterocycles. The number of aromatic nitrogens is 2. The normalized spacial score (nSPS) is 15.9. The lowest BCUT2D eigenvalue weighted by atomic mass is 9.95. The number of para-hydroxylation sites is 1. The van der Waals surface area contributed by atoms with Gasteiger partial charge >= 0.3 is 0 Å². The number of ether oxygens (including phenoxy) is 1. The second kappa shape index (κ2) is 9.42. The van der Waals surface area contributed by atoms with Gasteiger partial charge in [0.25, 0.3) is 5.91 Å². The van der Waals surface area contributed by atoms with Gasteiger partial charge in [0, 0.05) is 22.8 Å². The van der Waals surface area contributed by atoms with Crippen molar-refractivity contribution in [1.29, 1.82) is 0 Å². The van der Waals surface area contributed by atoms with Crippen molar-refractivity contribution >= 4 is 38.6 Å². The van der Waals surface area contributed by atoms with Crippen molar-refractivity contribution in [3.05, 3.63) is 94.4 Å². The Morgan fingerprint density at radius 1 is 1.26 bits per heavy atom. The molecule has 0 saturated carbocycles. The first kappa shape index (κ1) is 22.9. The number of fused-ring (bicyclic) bond motifs is 1. The van der Waals surface area contributed by atoms with Crippen molar-refractivity contribution < 1.29 is 28.4 Å². The number of benzene rings is 2. The average Bonchev–Trinajstić information content (AvgIpc) is 3.58. The average molecular weight is 537 g/mol. The topological polar surface area (TPSA) is 99.6 Å². The van der Waals surface area contributed by atoms with Gasteiger partial charge in [-0.2, -0.15) is 0 Å². The minimum absolute atomic E-state index is 0.000389. The van der Waals surface area contributed by atoms with E-state index in [9.17, 15) is 14.7 Å². The minimum Gasteiger partial charge on any atom is -0.503 e. The minimum atomic E-state index is -0.751. The van der Waals surface area contributed by atoms with E-state index in [0.717, 1.165) is 4.47 Å². The summed E-state index contributed by atoms with van der Waals surface area (Å²) in [5.74, 6) is -1.15. The van der Waals surface area contributed by atoms with Crippen molar-refractivity contribution in [3.8, 4) is 5.75 Å². The van der Waals surface area contributed by atoms with Gasteiger partial charge in [0.1, 0.15) is 12.4 Å². The van der Waals surface area contributed by atoms with Crippen LogP contribution >= 0.6 is 15.9 Å². The summed E-state index contributed by atoms with van der Waals surface area (Å²) < 4.78 is 14.0. The number of aryl methyl sites for hydroxylation is 1. The Kier molecular flexibility index (Phi) is 6.17. The maximum absolute atomic E-state index is 13.7. The van der Waals surface area contributed by atoms with Gasteiger partial charge < -0.3 is 19.2 Å². The van der Waals surface area contributed by atoms with Gasteiger partial charge in [-0.3, -0.25) is 14.6 Å². The predicted octanol–water partition coefficient (Wildman–Crippen LogP) is 4.49. The first-order chi connectivity index (χ1) is 17.0. The highest BCUT2D eigenvalue weighted by Gasteiger charge is 2.44. The van der Waals surface area contributed by atoms with E-state index in [2.05, 4.69) is 20.9 Å². The number of hydrogen-bond donors (Lipinski definition) is 2. The molecule has 1 aliphatic rings. The highest BCUT2D eigenvalue weighted by atomic mass is 79.9. The van der Waals surface area contributed by atoms with Crippen molar-refractivity contribution in [2.45, 2.75) is 19.0 Å². The molecule has 0 fully saturated rings. The molecule has 1 amide bonds. The number of halogens is 1. The summed E-state index contributed by atoms with van der Waals surface area (Å²) in [7, 11) is 1.52. The number of nitrogens with one attached hydrogen (secondary N) is 1. The van der Waals surface area contributed by atoms with E-state index in [0.29, 0.717) is 41.8 Å². The Labute approximate surface area is 209 Å². The molecule has 1 unspecified atom stereocenters. The molecule has 35 heavy (non-hydrogen) atoms. The van der Waals surface area contributed by atoms with E-state index in [1.54, 1.807) is 23.1 Å². The van der Waals surface area contributed by atoms with Crippen LogP contribution in [0.1, 0.15) is 28.6 Å². The Morgan fingerprint density at radius 3 is 2.83 bits per heavy atom. The van der Waals surface area contributed by atoms with Crippen LogP contribution in [0.5, 0.6) is 5.75 Å². The number of aliphatic hydroxyl groups excluding tert-OH is 1. The number of nitrogens with zero attached hydrogens (tertiary/aromatic N) is 2. The molecule has 2 aromatic carbocycles. The van der Waals surface area contributed by atoms with Gasteiger partial charge in [0.05, 0.1) is 25.3 Å². The molecule has 2 aromatic heterocycles. The number of carbonyl (C=O) groups is 2. The van der Waals surface area contributed by atoms with Crippen LogP contribution in [-0.2, 0) is 11.3 Å². The number of hydrogen-bond acceptors (Lipinski definition) is 5. The van der Waals surface area contributed by atoms with Gasteiger partial charge in [0.15, 0.2) is 22.9 Å². The lowest BCUT2D eigenvalue weighted by Crippen LogP contribution is -2.36. The molecule has 0 bridgehead atoms. The van der Waals surface area contributed by atoms with E-state index in [-0.39, 0.29) is 11.3 Å². The first-order valence-electron chi connectivity index (χ1n) is 11.1. The molecule has 1 atom stereocenters. The van der Waals surface area contributed by atoms with Crippen molar-refractivity contribution in [2.75, 3.05) is 13.7 Å². The summed E-state index contributed by atoms with van der Waals surface area (Å²) in [6.45, 7) is 1.02. The number of methoxy groups -OCH3 is 1. The first-order valence-corrected chi connectivity index (χ1v) is 11.9. The number of imidazole rings is 1. The van der Waals surface area contributed by atoms with Crippen molar-refractivity contribution in [2.24, 2.45) is 0 Å². The van der Waals surface area contributed by atoms with Crippen LogP contribution in [-0.4, -0.2) is 40.3 Å². The smallest absolute Gasteiger partial charge is 0.290 e. The van der Waals surface area contributed by atoms with Gasteiger partial charge in [0.2, 0.25) is 12.1 Å². The number of furan rings is 1. The number of H-pyrrole nitrogens is 1. The van der Waals surface area contributed by atoms with E-state index >= 15 is 0 Å². The summed E-state index contributed by atoms with van der Waals surface area (Å²) in [4.78, 5) is 31.4. The fourth-order valence-corrected chi connectivity index (χ4v) is 4.88. The van der Waals surface area contributed by atoms with Crippen LogP contribution in [0, 0.1) is 0 Å². The zero-order valence-corrected chi connectivity index (χ0v) is 20.5. The van der Waals surface area contributed by atoms with Crippen LogP contribution in [0.15, 0.2) is 87.5 Å². The third-order valence-corrected chi connectivity index (χ3v) is 6.58. The number of aliphatic hydroxyl groups is 1. The molecule has 5 rings (SSSR count). The fourth-order valence-electron chi connectivity index (χ4n) is 4.46. The van der Waals surface area contributed by atoms with Gasteiger partial charge in [-0.15, -0.1) is 0 Å². The SMILES string of the molecule is COc1cccc2cc(C(=O)C3=C(O)C(=O)N(CCC[n+]4cc[nH]c4)C3c3cccc(Br)c3)oc12. The number of ketones is 1. The quantitative estimate of drug-likeness (QED) is 0.255. The lowest BCUT2D eigenvalue weighted by molar-refractivity contribution is -0.695. The number of aromatic amines is 1. The van der Waals surface area contributed by atoms with Crippen molar-refractivity contribution in [3.63, 3.8) is 0 Å². The van der Waals surface area contributed by atoms with E-state index in [1.165, 1.54) is 7.11 Å². The summed E-state index contributed by atoms with van der Waals surface area (Å²) in [5.41, 5.74) is 1.14. The maximum Gasteiger partial charge on any atom is 0.290 e. The third kappa shape index (κ3) is 4.23. The number of carbonyl (C=O) groups excluding carboxylic acids is 2. The second-order valence-corrected chi connectivity index (χ2v) is 9.16. The number of amides is 1. The summed E-state index contributed by atoms with van der Waals surface area (Å²) in [5, 5.41) is 11.6. The van der Waals surface area contributed by atoms with E-state index in [1.807, 2.05) is 53.6 Å². The molecule has 4 aromatic rings. The monoisotopic (exact) mass is 536 g/mol. The van der Waals surface area contributed by atoms with E-state index < -0.39 is 23.5 Å². The van der Waals surface area contributed by atoms with Crippen LogP contribution in [0.25, 0.3) is 11.0 Å².